The van der Waals surface area contributed by atoms with Crippen LogP contribution in [0.4, 0.5) is 5.69 Å². The molecule has 0 saturated carbocycles. The first-order valence-corrected chi connectivity index (χ1v) is 11.6. The number of anilines is 1. The molecule has 7 rings (SSSR count). The zero-order valence-corrected chi connectivity index (χ0v) is 19.2. The molecule has 5 heterocycles. The lowest BCUT2D eigenvalue weighted by molar-refractivity contribution is -0.123. The number of rotatable bonds is 4. The lowest BCUT2D eigenvalue weighted by atomic mass is 9.92. The zero-order valence-electron chi connectivity index (χ0n) is 19.2. The van der Waals surface area contributed by atoms with Crippen LogP contribution in [-0.4, -0.2) is 39.3 Å². The van der Waals surface area contributed by atoms with Gasteiger partial charge in [0.2, 0.25) is 5.78 Å². The molecule has 4 aromatic rings. The highest BCUT2D eigenvalue weighted by Gasteiger charge is 2.41. The topological polar surface area (TPSA) is 118 Å². The van der Waals surface area contributed by atoms with Gasteiger partial charge in [0.05, 0.1) is 35.0 Å². The van der Waals surface area contributed by atoms with Crippen LogP contribution in [0.15, 0.2) is 94.7 Å². The van der Waals surface area contributed by atoms with E-state index in [-0.39, 0.29) is 22.6 Å². The second kappa shape index (κ2) is 7.92. The zero-order chi connectivity index (χ0) is 25.1. The fourth-order valence-electron chi connectivity index (χ4n) is 5.29. The number of furan rings is 1. The van der Waals surface area contributed by atoms with Gasteiger partial charge >= 0.3 is 0 Å². The number of ketones is 1. The van der Waals surface area contributed by atoms with Crippen LogP contribution in [0.25, 0.3) is 16.5 Å². The molecule has 0 radical (unpaired) electrons. The van der Waals surface area contributed by atoms with Crippen LogP contribution in [-0.2, 0) is 16.0 Å². The van der Waals surface area contributed by atoms with E-state index in [1.54, 1.807) is 30.8 Å². The number of amides is 2. The number of carbonyl (C=O) groups is 3. The van der Waals surface area contributed by atoms with Crippen LogP contribution < -0.4 is 10.2 Å². The second-order valence-electron chi connectivity index (χ2n) is 8.85. The smallest absolute Gasteiger partial charge is 0.261 e. The summed E-state index contributed by atoms with van der Waals surface area (Å²) >= 11 is 0. The second-order valence-corrected chi connectivity index (χ2v) is 8.85. The summed E-state index contributed by atoms with van der Waals surface area (Å²) in [4.78, 5) is 54.3. The van der Waals surface area contributed by atoms with Crippen molar-refractivity contribution in [1.29, 1.82) is 0 Å². The summed E-state index contributed by atoms with van der Waals surface area (Å²) < 4.78 is 5.67. The van der Waals surface area contributed by atoms with E-state index in [4.69, 9.17) is 4.42 Å². The normalized spacial score (nSPS) is 18.2. The molecule has 37 heavy (non-hydrogen) atoms. The van der Waals surface area contributed by atoms with E-state index >= 15 is 0 Å². The van der Waals surface area contributed by atoms with Crippen molar-refractivity contribution in [2.45, 2.75) is 12.5 Å². The molecule has 0 saturated heterocycles. The Balaban J connectivity index is 1.39. The Labute approximate surface area is 209 Å². The molecule has 0 bridgehead atoms. The molecule has 0 fully saturated rings. The summed E-state index contributed by atoms with van der Waals surface area (Å²) in [6.45, 7) is 0. The predicted molar refractivity (Wildman–Crippen MR) is 135 cm³/mol. The van der Waals surface area contributed by atoms with Gasteiger partial charge in [0.25, 0.3) is 11.8 Å². The first kappa shape index (κ1) is 21.1. The first-order chi connectivity index (χ1) is 18.1. The van der Waals surface area contributed by atoms with Crippen LogP contribution in [0, 0.1) is 0 Å². The molecule has 2 aromatic heterocycles. The van der Waals surface area contributed by atoms with Crippen LogP contribution in [0.2, 0.25) is 0 Å². The van der Waals surface area contributed by atoms with Gasteiger partial charge in [-0.25, -0.2) is 4.98 Å². The van der Waals surface area contributed by atoms with E-state index in [1.165, 1.54) is 18.6 Å². The van der Waals surface area contributed by atoms with Crippen molar-refractivity contribution >= 4 is 45.5 Å². The number of benzene rings is 2. The highest BCUT2D eigenvalue weighted by molar-refractivity contribution is 6.48. The Bertz CT molecular complexity index is 1750. The lowest BCUT2D eigenvalue weighted by Crippen LogP contribution is -2.35. The van der Waals surface area contributed by atoms with Crippen molar-refractivity contribution in [2.24, 2.45) is 4.99 Å². The average Bonchev–Trinajstić information content (AvgIpc) is 3.58. The Morgan fingerprint density at radius 1 is 1.00 bits per heavy atom. The molecule has 0 spiro atoms. The predicted octanol–water partition coefficient (Wildman–Crippen LogP) is 3.22. The third-order valence-corrected chi connectivity index (χ3v) is 6.85. The standard InChI is InChI=1S/C28H17N5O4/c34-25(19-14-29-8-9-30-19)20-13-16-4-2-6-18-23(31-10-11-33(20)24(16)18)22-21(27(35)32-28(22)36)17-5-1-3-15-7-12-37-26(15)17/h1-12,14,20H,13H2,(H,32,35,36). The van der Waals surface area contributed by atoms with Crippen molar-refractivity contribution in [3.05, 3.63) is 108 Å². The molecular formula is C28H17N5O4. The largest absolute Gasteiger partial charge is 0.464 e. The van der Waals surface area contributed by atoms with Crippen LogP contribution >= 0.6 is 0 Å². The van der Waals surface area contributed by atoms with Gasteiger partial charge in [-0.3, -0.25) is 29.7 Å². The number of imide groups is 1. The van der Waals surface area contributed by atoms with E-state index in [1.807, 2.05) is 35.2 Å². The summed E-state index contributed by atoms with van der Waals surface area (Å²) in [6, 6.07) is 12.4. The molecule has 9 heteroatoms. The number of hydrogen-bond acceptors (Lipinski definition) is 8. The number of Topliss-reactive ketones (excluding diaryl/α,β-unsaturated/α-hetero) is 1. The minimum atomic E-state index is -0.539. The number of nitrogens with zero attached hydrogens (tertiary/aromatic N) is 4. The Morgan fingerprint density at radius 3 is 2.70 bits per heavy atom. The summed E-state index contributed by atoms with van der Waals surface area (Å²) in [5, 5.41) is 3.25. The fourth-order valence-corrected chi connectivity index (χ4v) is 5.29. The van der Waals surface area contributed by atoms with Gasteiger partial charge in [-0.15, -0.1) is 0 Å². The molecule has 178 valence electrons. The maximum Gasteiger partial charge on any atom is 0.261 e. The highest BCUT2D eigenvalue weighted by atomic mass is 16.3. The maximum atomic E-state index is 13.4. The Morgan fingerprint density at radius 2 is 1.84 bits per heavy atom. The van der Waals surface area contributed by atoms with Crippen LogP contribution in [0.1, 0.15) is 27.2 Å². The van der Waals surface area contributed by atoms with Gasteiger partial charge in [-0.2, -0.15) is 0 Å². The molecule has 1 atom stereocenters. The molecule has 3 aliphatic rings. The van der Waals surface area contributed by atoms with Gasteiger partial charge < -0.3 is 9.32 Å². The summed E-state index contributed by atoms with van der Waals surface area (Å²) in [5.41, 5.74) is 4.37. The SMILES string of the molecule is O=C1NC(=O)C(c2cccc3ccoc23)=C1C1=NC=CN2c3c(cccc31)CC2C(=O)c1cnccn1. The monoisotopic (exact) mass is 487 g/mol. The van der Waals surface area contributed by atoms with E-state index in [0.717, 1.165) is 16.6 Å². The van der Waals surface area contributed by atoms with Gasteiger partial charge in [-0.1, -0.05) is 36.4 Å². The third kappa shape index (κ3) is 3.10. The van der Waals surface area contributed by atoms with Crippen molar-refractivity contribution < 1.29 is 18.8 Å². The van der Waals surface area contributed by atoms with Crippen molar-refractivity contribution in [3.8, 4) is 0 Å². The van der Waals surface area contributed by atoms with E-state index in [0.29, 0.717) is 28.8 Å². The minimum absolute atomic E-state index is 0.164. The highest BCUT2D eigenvalue weighted by Crippen LogP contribution is 2.41. The fraction of sp³-hybridized carbons (Fsp3) is 0.0714. The van der Waals surface area contributed by atoms with Gasteiger partial charge in [0, 0.05) is 47.7 Å². The van der Waals surface area contributed by atoms with Crippen LogP contribution in [0.5, 0.6) is 0 Å². The molecular weight excluding hydrogens is 470 g/mol. The van der Waals surface area contributed by atoms with E-state index in [2.05, 4.69) is 20.3 Å². The molecule has 2 amide bonds. The summed E-state index contributed by atoms with van der Waals surface area (Å²) in [5.74, 6) is -1.21. The van der Waals surface area contributed by atoms with Gasteiger partial charge in [0.1, 0.15) is 17.3 Å². The molecule has 2 aromatic carbocycles. The molecule has 1 unspecified atom stereocenters. The third-order valence-electron chi connectivity index (χ3n) is 6.85. The van der Waals surface area contributed by atoms with Crippen LogP contribution in [0.3, 0.4) is 0 Å². The minimum Gasteiger partial charge on any atom is -0.464 e. The van der Waals surface area contributed by atoms with Crippen molar-refractivity contribution in [1.82, 2.24) is 15.3 Å². The van der Waals surface area contributed by atoms with Gasteiger partial charge in [0.15, 0.2) is 0 Å². The number of aromatic nitrogens is 2. The summed E-state index contributed by atoms with van der Waals surface area (Å²) in [6.07, 6.45) is 9.75. The quantitative estimate of drug-likeness (QED) is 0.347. The summed E-state index contributed by atoms with van der Waals surface area (Å²) in [7, 11) is 0. The van der Waals surface area contributed by atoms with E-state index in [9.17, 15) is 14.4 Å². The molecule has 3 aliphatic heterocycles. The first-order valence-electron chi connectivity index (χ1n) is 11.6. The molecule has 1 N–H and O–H groups in total. The number of fused-ring (bicyclic) bond motifs is 1. The number of para-hydroxylation sites is 2. The number of nitrogens with one attached hydrogen (secondary N) is 1. The van der Waals surface area contributed by atoms with Gasteiger partial charge in [-0.05, 0) is 11.6 Å². The average molecular weight is 487 g/mol. The van der Waals surface area contributed by atoms with Crippen molar-refractivity contribution in [2.75, 3.05) is 4.90 Å². The van der Waals surface area contributed by atoms with E-state index < -0.39 is 17.9 Å². The number of hydrogen-bond donors (Lipinski definition) is 1. The number of carbonyl (C=O) groups excluding carboxylic acids is 3. The molecule has 0 aliphatic carbocycles. The van der Waals surface area contributed by atoms with Crippen molar-refractivity contribution in [3.63, 3.8) is 0 Å². The molecule has 9 nitrogen and oxygen atoms in total. The lowest BCUT2D eigenvalue weighted by Gasteiger charge is -2.23. The Kier molecular flexibility index (Phi) is 4.52. The Hall–Kier alpha value is -5.18. The maximum absolute atomic E-state index is 13.4. The number of aliphatic imine (C=N–C) groups is 1.